The molecule has 0 radical (unpaired) electrons. The molecule has 21 heavy (non-hydrogen) atoms. The van der Waals surface area contributed by atoms with Gasteiger partial charge in [0.1, 0.15) is 5.82 Å². The number of carbonyl (C=O) groups excluding carboxylic acids is 2. The summed E-state index contributed by atoms with van der Waals surface area (Å²) in [6.07, 6.45) is 3.40. The summed E-state index contributed by atoms with van der Waals surface area (Å²) in [7, 11) is 2.98. The molecule has 1 aliphatic rings. The van der Waals surface area contributed by atoms with Gasteiger partial charge in [-0.25, -0.2) is 0 Å². The molecule has 1 aliphatic carbocycles. The number of esters is 1. The average Bonchev–Trinajstić information content (AvgIpc) is 2.55. The van der Waals surface area contributed by atoms with Crippen molar-refractivity contribution in [3.8, 4) is 0 Å². The van der Waals surface area contributed by atoms with E-state index in [0.29, 0.717) is 5.82 Å². The fraction of sp³-hybridized carbons (Fsp3) is 0.571. The Kier molecular flexibility index (Phi) is 5.08. The minimum absolute atomic E-state index is 0.00904. The summed E-state index contributed by atoms with van der Waals surface area (Å²) in [6, 6.07) is 3.64. The first-order valence-electron chi connectivity index (χ1n) is 7.04. The Labute approximate surface area is 123 Å². The Morgan fingerprint density at radius 1 is 1.19 bits per heavy atom. The molecule has 1 aromatic heterocycles. The zero-order valence-corrected chi connectivity index (χ0v) is 12.3. The van der Waals surface area contributed by atoms with Crippen LogP contribution in [0.25, 0.3) is 0 Å². The lowest BCUT2D eigenvalue weighted by Crippen LogP contribution is -2.30. The number of nitrogens with one attached hydrogen (secondary N) is 2. The van der Waals surface area contributed by atoms with E-state index < -0.39 is 0 Å². The fourth-order valence-electron chi connectivity index (χ4n) is 2.51. The van der Waals surface area contributed by atoms with Crippen molar-refractivity contribution in [3.05, 3.63) is 17.8 Å². The average molecular weight is 292 g/mol. The lowest BCUT2D eigenvalue weighted by atomic mass is 9.86. The van der Waals surface area contributed by atoms with Gasteiger partial charge in [-0.1, -0.05) is 0 Å². The third kappa shape index (κ3) is 3.90. The van der Waals surface area contributed by atoms with E-state index in [1.165, 1.54) is 7.11 Å². The monoisotopic (exact) mass is 292 g/mol. The Bertz CT molecular complexity index is 495. The second-order valence-electron chi connectivity index (χ2n) is 5.10. The van der Waals surface area contributed by atoms with Gasteiger partial charge in [0.2, 0.25) is 0 Å². The maximum Gasteiger partial charge on any atom is 0.308 e. The topological polar surface area (TPSA) is 93.2 Å². The summed E-state index contributed by atoms with van der Waals surface area (Å²) in [5.41, 5.74) is 0.289. The van der Waals surface area contributed by atoms with Crippen molar-refractivity contribution in [1.29, 1.82) is 0 Å². The molecule has 0 atom stereocenters. The normalized spacial score (nSPS) is 21.4. The molecule has 0 saturated heterocycles. The van der Waals surface area contributed by atoms with Gasteiger partial charge in [-0.3, -0.25) is 9.59 Å². The van der Waals surface area contributed by atoms with E-state index in [4.69, 9.17) is 4.74 Å². The number of anilines is 1. The van der Waals surface area contributed by atoms with Crippen LogP contribution >= 0.6 is 0 Å². The van der Waals surface area contributed by atoms with Crippen molar-refractivity contribution >= 4 is 17.7 Å². The summed E-state index contributed by atoms with van der Waals surface area (Å²) >= 11 is 0. The van der Waals surface area contributed by atoms with Crippen LogP contribution in [0.15, 0.2) is 12.1 Å². The Morgan fingerprint density at radius 3 is 2.43 bits per heavy atom. The van der Waals surface area contributed by atoms with Gasteiger partial charge in [0.05, 0.1) is 13.0 Å². The van der Waals surface area contributed by atoms with Gasteiger partial charge in [-0.2, -0.15) is 0 Å². The highest BCUT2D eigenvalue weighted by Gasteiger charge is 2.26. The number of rotatable bonds is 4. The largest absolute Gasteiger partial charge is 0.469 e. The predicted molar refractivity (Wildman–Crippen MR) is 76.8 cm³/mol. The van der Waals surface area contributed by atoms with Gasteiger partial charge in [-0.05, 0) is 37.8 Å². The molecule has 1 heterocycles. The lowest BCUT2D eigenvalue weighted by Gasteiger charge is -2.27. The highest BCUT2D eigenvalue weighted by molar-refractivity contribution is 5.91. The predicted octanol–water partition coefficient (Wildman–Crippen LogP) is 0.980. The number of methoxy groups -OCH3 is 1. The van der Waals surface area contributed by atoms with Crippen LogP contribution in [0, 0.1) is 5.92 Å². The summed E-state index contributed by atoms with van der Waals surface area (Å²) < 4.78 is 4.77. The first kappa shape index (κ1) is 15.2. The fourth-order valence-corrected chi connectivity index (χ4v) is 2.51. The smallest absolute Gasteiger partial charge is 0.308 e. The van der Waals surface area contributed by atoms with E-state index in [-0.39, 0.29) is 29.5 Å². The number of aromatic nitrogens is 2. The SMILES string of the molecule is CNC(=O)c1ccc(NC2CCC(C(=O)OC)CC2)nn1. The molecule has 0 bridgehead atoms. The van der Waals surface area contributed by atoms with Crippen LogP contribution in [-0.4, -0.2) is 42.3 Å². The second kappa shape index (κ2) is 7.01. The van der Waals surface area contributed by atoms with Crippen molar-refractivity contribution in [2.45, 2.75) is 31.7 Å². The van der Waals surface area contributed by atoms with Crippen LogP contribution in [-0.2, 0) is 9.53 Å². The highest BCUT2D eigenvalue weighted by atomic mass is 16.5. The summed E-state index contributed by atoms with van der Waals surface area (Å²) in [4.78, 5) is 22.8. The number of carbonyl (C=O) groups is 2. The molecule has 2 rings (SSSR count). The summed E-state index contributed by atoms with van der Waals surface area (Å²) in [6.45, 7) is 0. The summed E-state index contributed by atoms with van der Waals surface area (Å²) in [5.74, 6) is 0.273. The molecule has 1 aromatic rings. The standard InChI is InChI=1S/C14H20N4O3/c1-15-13(19)11-7-8-12(18-17-11)16-10-5-3-9(4-6-10)14(20)21-2/h7-10H,3-6H2,1-2H3,(H,15,19)(H,16,18). The molecule has 0 aliphatic heterocycles. The Morgan fingerprint density at radius 2 is 1.90 bits per heavy atom. The van der Waals surface area contributed by atoms with Crippen LogP contribution < -0.4 is 10.6 Å². The first-order valence-corrected chi connectivity index (χ1v) is 7.04. The number of amides is 1. The van der Waals surface area contributed by atoms with Gasteiger partial charge < -0.3 is 15.4 Å². The van der Waals surface area contributed by atoms with E-state index in [2.05, 4.69) is 20.8 Å². The van der Waals surface area contributed by atoms with E-state index in [9.17, 15) is 9.59 Å². The minimum atomic E-state index is -0.257. The second-order valence-corrected chi connectivity index (χ2v) is 5.10. The van der Waals surface area contributed by atoms with Gasteiger partial charge in [0.15, 0.2) is 5.69 Å². The van der Waals surface area contributed by atoms with Crippen LogP contribution in [0.4, 0.5) is 5.82 Å². The number of nitrogens with zero attached hydrogens (tertiary/aromatic N) is 2. The zero-order chi connectivity index (χ0) is 15.2. The van der Waals surface area contributed by atoms with E-state index in [1.54, 1.807) is 19.2 Å². The molecule has 7 nitrogen and oxygen atoms in total. The molecule has 1 saturated carbocycles. The summed E-state index contributed by atoms with van der Waals surface area (Å²) in [5, 5.41) is 13.7. The zero-order valence-electron chi connectivity index (χ0n) is 12.3. The van der Waals surface area contributed by atoms with Gasteiger partial charge in [0.25, 0.3) is 5.91 Å². The first-order chi connectivity index (χ1) is 10.1. The molecular formula is C14H20N4O3. The van der Waals surface area contributed by atoms with Crippen LogP contribution in [0.2, 0.25) is 0 Å². The Hall–Kier alpha value is -2.18. The van der Waals surface area contributed by atoms with Gasteiger partial charge >= 0.3 is 5.97 Å². The van der Waals surface area contributed by atoms with E-state index in [0.717, 1.165) is 25.7 Å². The Balaban J connectivity index is 1.86. The van der Waals surface area contributed by atoms with Crippen molar-refractivity contribution in [3.63, 3.8) is 0 Å². The van der Waals surface area contributed by atoms with Crippen LogP contribution in [0.5, 0.6) is 0 Å². The lowest BCUT2D eigenvalue weighted by molar-refractivity contribution is -0.146. The van der Waals surface area contributed by atoms with Gasteiger partial charge in [-0.15, -0.1) is 10.2 Å². The molecule has 1 fully saturated rings. The van der Waals surface area contributed by atoms with Crippen molar-refractivity contribution in [1.82, 2.24) is 15.5 Å². The molecule has 114 valence electrons. The molecular weight excluding hydrogens is 272 g/mol. The maximum atomic E-state index is 11.5. The van der Waals surface area contributed by atoms with Gasteiger partial charge in [0, 0.05) is 13.1 Å². The van der Waals surface area contributed by atoms with Crippen molar-refractivity contribution < 1.29 is 14.3 Å². The number of hydrogen-bond acceptors (Lipinski definition) is 6. The highest BCUT2D eigenvalue weighted by Crippen LogP contribution is 2.26. The molecule has 0 unspecified atom stereocenters. The molecule has 7 heteroatoms. The number of ether oxygens (including phenoxy) is 1. The molecule has 0 spiro atoms. The third-order valence-electron chi connectivity index (χ3n) is 3.74. The van der Waals surface area contributed by atoms with E-state index >= 15 is 0 Å². The van der Waals surface area contributed by atoms with Crippen molar-refractivity contribution in [2.75, 3.05) is 19.5 Å². The minimum Gasteiger partial charge on any atom is -0.469 e. The quantitative estimate of drug-likeness (QED) is 0.804. The molecule has 1 amide bonds. The van der Waals surface area contributed by atoms with Crippen LogP contribution in [0.3, 0.4) is 0 Å². The van der Waals surface area contributed by atoms with E-state index in [1.807, 2.05) is 0 Å². The van der Waals surface area contributed by atoms with Crippen molar-refractivity contribution in [2.24, 2.45) is 5.92 Å². The van der Waals surface area contributed by atoms with Crippen LogP contribution in [0.1, 0.15) is 36.2 Å². The maximum absolute atomic E-state index is 11.5. The number of hydrogen-bond donors (Lipinski definition) is 2. The molecule has 0 aromatic carbocycles. The molecule has 2 N–H and O–H groups in total. The third-order valence-corrected chi connectivity index (χ3v) is 3.74.